The number of carbonyl (C=O) groups is 2. The Kier molecular flexibility index (Phi) is 4.34. The third kappa shape index (κ3) is 3.53. The first-order chi connectivity index (χ1) is 11.0. The smallest absolute Gasteiger partial charge is 0.374 e. The summed E-state index contributed by atoms with van der Waals surface area (Å²) in [5.41, 5.74) is 0.613. The highest BCUT2D eigenvalue weighted by Gasteiger charge is 2.26. The number of fused-ring (bicyclic) bond motifs is 1. The predicted octanol–water partition coefficient (Wildman–Crippen LogP) is 2.23. The zero-order valence-electron chi connectivity index (χ0n) is 13.2. The Morgan fingerprint density at radius 2 is 1.91 bits per heavy atom. The van der Waals surface area contributed by atoms with Crippen molar-refractivity contribution in [1.82, 2.24) is 4.90 Å². The maximum atomic E-state index is 12.2. The van der Waals surface area contributed by atoms with E-state index in [2.05, 4.69) is 0 Å². The number of morpholine rings is 1. The van der Waals surface area contributed by atoms with E-state index in [9.17, 15) is 9.59 Å². The second-order valence-electron chi connectivity index (χ2n) is 5.78. The maximum Gasteiger partial charge on any atom is 0.374 e. The molecule has 0 bridgehead atoms. The molecule has 0 spiro atoms. The Labute approximate surface area is 133 Å². The van der Waals surface area contributed by atoms with Crippen molar-refractivity contribution in [3.05, 3.63) is 36.1 Å². The zero-order valence-corrected chi connectivity index (χ0v) is 13.2. The van der Waals surface area contributed by atoms with Crippen LogP contribution in [0.5, 0.6) is 0 Å². The van der Waals surface area contributed by atoms with Gasteiger partial charge in [0.25, 0.3) is 5.91 Å². The highest BCUT2D eigenvalue weighted by Crippen LogP contribution is 2.19. The van der Waals surface area contributed by atoms with E-state index in [1.807, 2.05) is 32.0 Å². The fraction of sp³-hybridized carbons (Fsp3) is 0.412. The molecule has 1 amide bonds. The lowest BCUT2D eigenvalue weighted by atomic mass is 10.2. The SMILES string of the molecule is C[C@H]1CN(C(=O)COC(=O)c2cc3ccccc3o2)C[C@H](C)O1. The molecule has 122 valence electrons. The first kappa shape index (κ1) is 15.6. The van der Waals surface area contributed by atoms with Crippen LogP contribution >= 0.6 is 0 Å². The van der Waals surface area contributed by atoms with Crippen LogP contribution < -0.4 is 0 Å². The number of esters is 1. The number of furan rings is 1. The average Bonchev–Trinajstić information content (AvgIpc) is 2.95. The molecule has 1 fully saturated rings. The van der Waals surface area contributed by atoms with E-state index in [0.717, 1.165) is 5.39 Å². The van der Waals surface area contributed by atoms with Gasteiger partial charge in [-0.3, -0.25) is 4.79 Å². The van der Waals surface area contributed by atoms with Crippen LogP contribution in [0.15, 0.2) is 34.7 Å². The summed E-state index contributed by atoms with van der Waals surface area (Å²) in [7, 11) is 0. The highest BCUT2D eigenvalue weighted by molar-refractivity contribution is 5.93. The number of para-hydroxylation sites is 1. The molecular formula is C17H19NO5. The molecule has 0 unspecified atom stereocenters. The van der Waals surface area contributed by atoms with Crippen molar-refractivity contribution in [3.63, 3.8) is 0 Å². The molecule has 1 aromatic carbocycles. The first-order valence-electron chi connectivity index (χ1n) is 7.62. The normalized spacial score (nSPS) is 21.4. The van der Waals surface area contributed by atoms with Crippen LogP contribution in [0.4, 0.5) is 0 Å². The van der Waals surface area contributed by atoms with Crippen LogP contribution in [0.1, 0.15) is 24.4 Å². The molecule has 0 aliphatic carbocycles. The third-order valence-corrected chi connectivity index (χ3v) is 3.73. The topological polar surface area (TPSA) is 69.0 Å². The van der Waals surface area contributed by atoms with Crippen LogP contribution in [-0.2, 0) is 14.3 Å². The van der Waals surface area contributed by atoms with Crippen LogP contribution in [0, 0.1) is 0 Å². The zero-order chi connectivity index (χ0) is 16.4. The number of hydrogen-bond acceptors (Lipinski definition) is 5. The van der Waals surface area contributed by atoms with Crippen LogP contribution in [0.25, 0.3) is 11.0 Å². The van der Waals surface area contributed by atoms with Gasteiger partial charge in [0.2, 0.25) is 5.76 Å². The van der Waals surface area contributed by atoms with Crippen molar-refractivity contribution < 1.29 is 23.5 Å². The Morgan fingerprint density at radius 3 is 2.61 bits per heavy atom. The molecule has 6 nitrogen and oxygen atoms in total. The molecule has 1 aliphatic rings. The quantitative estimate of drug-likeness (QED) is 0.812. The molecule has 0 N–H and O–H groups in total. The maximum absolute atomic E-state index is 12.2. The standard InChI is InChI=1S/C17H19NO5/c1-11-8-18(9-12(2)22-11)16(19)10-21-17(20)15-7-13-5-3-4-6-14(13)23-15/h3-7,11-12H,8-10H2,1-2H3/t11-,12-/m0/s1. The molecule has 2 aromatic rings. The summed E-state index contributed by atoms with van der Waals surface area (Å²) in [6, 6.07) is 8.91. The van der Waals surface area contributed by atoms with E-state index < -0.39 is 5.97 Å². The number of rotatable bonds is 3. The summed E-state index contributed by atoms with van der Waals surface area (Å²) < 4.78 is 16.1. The first-order valence-corrected chi connectivity index (χ1v) is 7.62. The lowest BCUT2D eigenvalue weighted by molar-refractivity contribution is -0.146. The number of ether oxygens (including phenoxy) is 2. The largest absolute Gasteiger partial charge is 0.450 e. The van der Waals surface area contributed by atoms with E-state index in [0.29, 0.717) is 18.7 Å². The molecule has 23 heavy (non-hydrogen) atoms. The molecule has 0 radical (unpaired) electrons. The van der Waals surface area contributed by atoms with E-state index >= 15 is 0 Å². The Hall–Kier alpha value is -2.34. The fourth-order valence-electron chi connectivity index (χ4n) is 2.75. The van der Waals surface area contributed by atoms with Crippen molar-refractivity contribution in [2.45, 2.75) is 26.1 Å². The van der Waals surface area contributed by atoms with Crippen LogP contribution in [0.3, 0.4) is 0 Å². The summed E-state index contributed by atoms with van der Waals surface area (Å²) in [6.45, 7) is 4.54. The monoisotopic (exact) mass is 317 g/mol. The number of nitrogens with zero attached hydrogens (tertiary/aromatic N) is 1. The fourth-order valence-corrected chi connectivity index (χ4v) is 2.75. The molecule has 1 aliphatic heterocycles. The summed E-state index contributed by atoms with van der Waals surface area (Å²) in [4.78, 5) is 25.8. The number of carbonyl (C=O) groups excluding carboxylic acids is 2. The van der Waals surface area contributed by atoms with Gasteiger partial charge in [0.05, 0.1) is 12.2 Å². The molecule has 1 saturated heterocycles. The van der Waals surface area contributed by atoms with E-state index in [1.54, 1.807) is 17.0 Å². The summed E-state index contributed by atoms with van der Waals surface area (Å²) in [5, 5.41) is 0.821. The van der Waals surface area contributed by atoms with Crippen molar-refractivity contribution in [1.29, 1.82) is 0 Å². The van der Waals surface area contributed by atoms with Gasteiger partial charge in [0.1, 0.15) is 5.58 Å². The van der Waals surface area contributed by atoms with Gasteiger partial charge in [0, 0.05) is 18.5 Å². The second kappa shape index (κ2) is 6.42. The molecule has 0 saturated carbocycles. The number of amides is 1. The van der Waals surface area contributed by atoms with Gasteiger partial charge in [-0.05, 0) is 26.0 Å². The van der Waals surface area contributed by atoms with Gasteiger partial charge in [0.15, 0.2) is 6.61 Å². The van der Waals surface area contributed by atoms with E-state index in [4.69, 9.17) is 13.9 Å². The minimum absolute atomic E-state index is 0.0197. The van der Waals surface area contributed by atoms with Crippen molar-refractivity contribution in [3.8, 4) is 0 Å². The van der Waals surface area contributed by atoms with Gasteiger partial charge in [-0.25, -0.2) is 4.79 Å². The summed E-state index contributed by atoms with van der Waals surface area (Å²) >= 11 is 0. The van der Waals surface area contributed by atoms with E-state index in [1.165, 1.54) is 0 Å². The van der Waals surface area contributed by atoms with Gasteiger partial charge >= 0.3 is 5.97 Å². The van der Waals surface area contributed by atoms with Crippen LogP contribution in [-0.4, -0.2) is 48.7 Å². The lowest BCUT2D eigenvalue weighted by Crippen LogP contribution is -2.49. The van der Waals surface area contributed by atoms with Gasteiger partial charge in [-0.1, -0.05) is 18.2 Å². The Morgan fingerprint density at radius 1 is 1.22 bits per heavy atom. The second-order valence-corrected chi connectivity index (χ2v) is 5.78. The number of benzene rings is 1. The van der Waals surface area contributed by atoms with Crippen molar-refractivity contribution >= 4 is 22.8 Å². The van der Waals surface area contributed by atoms with Gasteiger partial charge < -0.3 is 18.8 Å². The Bertz CT molecular complexity index is 680. The third-order valence-electron chi connectivity index (χ3n) is 3.73. The number of hydrogen-bond donors (Lipinski definition) is 0. The van der Waals surface area contributed by atoms with Gasteiger partial charge in [-0.15, -0.1) is 0 Å². The lowest BCUT2D eigenvalue weighted by Gasteiger charge is -2.35. The molecule has 2 heterocycles. The van der Waals surface area contributed by atoms with E-state index in [-0.39, 0.29) is 30.5 Å². The minimum atomic E-state index is -0.635. The van der Waals surface area contributed by atoms with Crippen LogP contribution in [0.2, 0.25) is 0 Å². The summed E-state index contributed by atoms with van der Waals surface area (Å²) in [5.74, 6) is -0.761. The Balaban J connectivity index is 1.59. The highest BCUT2D eigenvalue weighted by atomic mass is 16.5. The van der Waals surface area contributed by atoms with Crippen molar-refractivity contribution in [2.24, 2.45) is 0 Å². The van der Waals surface area contributed by atoms with Crippen molar-refractivity contribution in [2.75, 3.05) is 19.7 Å². The average molecular weight is 317 g/mol. The molecule has 1 aromatic heterocycles. The molecule has 6 heteroatoms. The predicted molar refractivity (Wildman–Crippen MR) is 83.1 cm³/mol. The minimum Gasteiger partial charge on any atom is -0.450 e. The summed E-state index contributed by atoms with van der Waals surface area (Å²) in [6.07, 6.45) is -0.0393. The molecule has 2 atom stereocenters. The van der Waals surface area contributed by atoms with Gasteiger partial charge in [-0.2, -0.15) is 0 Å². The molecule has 3 rings (SSSR count). The molecular weight excluding hydrogens is 298 g/mol.